The van der Waals surface area contributed by atoms with Crippen molar-refractivity contribution in [2.24, 2.45) is 5.73 Å². The number of aryl methyl sites for hydroxylation is 1. The number of hydrogen-bond donors (Lipinski definition) is 1. The second-order valence-electron chi connectivity index (χ2n) is 5.54. The lowest BCUT2D eigenvalue weighted by Gasteiger charge is -2.32. The minimum atomic E-state index is 0.469. The van der Waals surface area contributed by atoms with E-state index in [4.69, 9.17) is 10.5 Å². The maximum Gasteiger partial charge on any atom is 0.225 e. The first-order chi connectivity index (χ1) is 9.76. The monoisotopic (exact) mass is 277 g/mol. The van der Waals surface area contributed by atoms with Crippen LogP contribution < -0.4 is 10.6 Å². The highest BCUT2D eigenvalue weighted by Gasteiger charge is 2.30. The summed E-state index contributed by atoms with van der Waals surface area (Å²) < 4.78 is 5.42. The molecule has 6 nitrogen and oxygen atoms in total. The third-order valence-corrected chi connectivity index (χ3v) is 4.11. The van der Waals surface area contributed by atoms with Gasteiger partial charge in [-0.3, -0.25) is 4.90 Å². The van der Waals surface area contributed by atoms with E-state index >= 15 is 0 Å². The average Bonchev–Trinajstić information content (AvgIpc) is 2.97. The quantitative estimate of drug-likeness (QED) is 0.848. The normalized spacial score (nSPS) is 24.3. The van der Waals surface area contributed by atoms with Crippen LogP contribution in [-0.2, 0) is 11.3 Å². The molecule has 0 amide bonds. The van der Waals surface area contributed by atoms with Gasteiger partial charge in [0.1, 0.15) is 0 Å². The van der Waals surface area contributed by atoms with Gasteiger partial charge in [0.2, 0.25) is 5.95 Å². The van der Waals surface area contributed by atoms with Crippen molar-refractivity contribution in [2.75, 3.05) is 44.3 Å². The standard InChI is InChI=1S/C14H23N5O/c1-11-8-12(9-15)17-14(16-11)19-3-2-13(10-19)18-4-6-20-7-5-18/h8,13H,2-7,9-10,15H2,1H3. The minimum absolute atomic E-state index is 0.469. The average molecular weight is 277 g/mol. The zero-order valence-electron chi connectivity index (χ0n) is 12.1. The first kappa shape index (κ1) is 13.7. The fourth-order valence-corrected chi connectivity index (χ4v) is 3.03. The van der Waals surface area contributed by atoms with Gasteiger partial charge in [-0.05, 0) is 19.4 Å². The zero-order chi connectivity index (χ0) is 13.9. The summed E-state index contributed by atoms with van der Waals surface area (Å²) in [7, 11) is 0. The molecule has 0 radical (unpaired) electrons. The number of ether oxygens (including phenoxy) is 1. The van der Waals surface area contributed by atoms with Crippen LogP contribution in [0.1, 0.15) is 17.8 Å². The Balaban J connectivity index is 1.68. The van der Waals surface area contributed by atoms with E-state index in [0.717, 1.165) is 56.7 Å². The van der Waals surface area contributed by atoms with Gasteiger partial charge in [-0.15, -0.1) is 0 Å². The van der Waals surface area contributed by atoms with E-state index < -0.39 is 0 Å². The molecule has 0 aliphatic carbocycles. The Morgan fingerprint density at radius 2 is 2.10 bits per heavy atom. The molecule has 20 heavy (non-hydrogen) atoms. The Kier molecular flexibility index (Phi) is 4.14. The number of anilines is 1. The Bertz CT molecular complexity index is 461. The molecule has 0 bridgehead atoms. The molecule has 3 rings (SSSR count). The van der Waals surface area contributed by atoms with E-state index in [2.05, 4.69) is 19.8 Å². The molecule has 1 atom stereocenters. The zero-order valence-corrected chi connectivity index (χ0v) is 12.1. The predicted octanol–water partition coefficient (Wildman–Crippen LogP) is 0.155. The van der Waals surface area contributed by atoms with Gasteiger partial charge in [0.25, 0.3) is 0 Å². The Morgan fingerprint density at radius 3 is 2.85 bits per heavy atom. The van der Waals surface area contributed by atoms with E-state index in [0.29, 0.717) is 12.6 Å². The van der Waals surface area contributed by atoms with Crippen LogP contribution in [0.2, 0.25) is 0 Å². The summed E-state index contributed by atoms with van der Waals surface area (Å²) in [6.07, 6.45) is 1.18. The van der Waals surface area contributed by atoms with Crippen LogP contribution in [-0.4, -0.2) is 60.3 Å². The van der Waals surface area contributed by atoms with Crippen LogP contribution in [0.4, 0.5) is 5.95 Å². The van der Waals surface area contributed by atoms with Crippen molar-refractivity contribution in [3.05, 3.63) is 17.5 Å². The lowest BCUT2D eigenvalue weighted by atomic mass is 10.2. The van der Waals surface area contributed by atoms with E-state index in [1.807, 2.05) is 13.0 Å². The van der Waals surface area contributed by atoms with Crippen LogP contribution in [0.15, 0.2) is 6.07 Å². The number of aromatic nitrogens is 2. The van der Waals surface area contributed by atoms with Crippen LogP contribution in [0.5, 0.6) is 0 Å². The molecule has 0 spiro atoms. The molecule has 110 valence electrons. The molecule has 0 aromatic carbocycles. The lowest BCUT2D eigenvalue weighted by molar-refractivity contribution is 0.0209. The molecule has 6 heteroatoms. The topological polar surface area (TPSA) is 67.5 Å². The number of nitrogens with two attached hydrogens (primary N) is 1. The van der Waals surface area contributed by atoms with Gasteiger partial charge in [-0.2, -0.15) is 0 Å². The SMILES string of the molecule is Cc1cc(CN)nc(N2CCC(N3CCOCC3)C2)n1. The molecule has 0 saturated carbocycles. The molecule has 1 unspecified atom stereocenters. The Labute approximate surface area is 119 Å². The summed E-state index contributed by atoms with van der Waals surface area (Å²) in [5.41, 5.74) is 7.61. The Morgan fingerprint density at radius 1 is 1.30 bits per heavy atom. The van der Waals surface area contributed by atoms with Crippen molar-refractivity contribution >= 4 is 5.95 Å². The summed E-state index contributed by atoms with van der Waals surface area (Å²) in [5, 5.41) is 0. The highest BCUT2D eigenvalue weighted by atomic mass is 16.5. The third kappa shape index (κ3) is 2.92. The number of rotatable bonds is 3. The van der Waals surface area contributed by atoms with E-state index in [-0.39, 0.29) is 0 Å². The summed E-state index contributed by atoms with van der Waals surface area (Å²) in [6.45, 7) is 8.30. The van der Waals surface area contributed by atoms with E-state index in [9.17, 15) is 0 Å². The fraction of sp³-hybridized carbons (Fsp3) is 0.714. The summed E-state index contributed by atoms with van der Waals surface area (Å²) in [5.74, 6) is 0.834. The first-order valence-corrected chi connectivity index (χ1v) is 7.37. The van der Waals surface area contributed by atoms with Crippen LogP contribution in [0.3, 0.4) is 0 Å². The van der Waals surface area contributed by atoms with Crippen molar-refractivity contribution < 1.29 is 4.74 Å². The van der Waals surface area contributed by atoms with Crippen molar-refractivity contribution in [3.63, 3.8) is 0 Å². The van der Waals surface area contributed by atoms with Gasteiger partial charge in [-0.1, -0.05) is 0 Å². The minimum Gasteiger partial charge on any atom is -0.379 e. The number of nitrogens with zero attached hydrogens (tertiary/aromatic N) is 4. The molecule has 2 N–H and O–H groups in total. The van der Waals surface area contributed by atoms with Gasteiger partial charge >= 0.3 is 0 Å². The van der Waals surface area contributed by atoms with Crippen LogP contribution in [0, 0.1) is 6.92 Å². The second kappa shape index (κ2) is 6.03. The third-order valence-electron chi connectivity index (χ3n) is 4.11. The summed E-state index contributed by atoms with van der Waals surface area (Å²) in [4.78, 5) is 13.9. The molecule has 1 aromatic heterocycles. The van der Waals surface area contributed by atoms with Crippen LogP contribution in [0.25, 0.3) is 0 Å². The van der Waals surface area contributed by atoms with Gasteiger partial charge in [-0.25, -0.2) is 9.97 Å². The van der Waals surface area contributed by atoms with Crippen molar-refractivity contribution in [3.8, 4) is 0 Å². The first-order valence-electron chi connectivity index (χ1n) is 7.37. The highest BCUT2D eigenvalue weighted by Crippen LogP contribution is 2.21. The van der Waals surface area contributed by atoms with Crippen LogP contribution >= 0.6 is 0 Å². The number of morpholine rings is 1. The molecule has 2 aliphatic heterocycles. The van der Waals surface area contributed by atoms with Crippen molar-refractivity contribution in [1.82, 2.24) is 14.9 Å². The van der Waals surface area contributed by atoms with Gasteiger partial charge in [0.15, 0.2) is 0 Å². The maximum absolute atomic E-state index is 5.70. The molecule has 3 heterocycles. The lowest BCUT2D eigenvalue weighted by Crippen LogP contribution is -2.44. The number of hydrogen-bond acceptors (Lipinski definition) is 6. The summed E-state index contributed by atoms with van der Waals surface area (Å²) in [6, 6.07) is 2.56. The van der Waals surface area contributed by atoms with Gasteiger partial charge in [0, 0.05) is 44.5 Å². The molecular formula is C14H23N5O. The molecule has 2 saturated heterocycles. The van der Waals surface area contributed by atoms with Gasteiger partial charge in [0.05, 0.1) is 18.9 Å². The highest BCUT2D eigenvalue weighted by molar-refractivity contribution is 5.34. The molecular weight excluding hydrogens is 254 g/mol. The Hall–Kier alpha value is -1.24. The fourth-order valence-electron chi connectivity index (χ4n) is 3.03. The molecule has 2 aliphatic rings. The maximum atomic E-state index is 5.70. The van der Waals surface area contributed by atoms with Gasteiger partial charge < -0.3 is 15.4 Å². The van der Waals surface area contributed by atoms with E-state index in [1.165, 1.54) is 6.42 Å². The van der Waals surface area contributed by atoms with E-state index in [1.54, 1.807) is 0 Å². The molecule has 2 fully saturated rings. The smallest absolute Gasteiger partial charge is 0.225 e. The molecule has 1 aromatic rings. The van der Waals surface area contributed by atoms with Crippen molar-refractivity contribution in [2.45, 2.75) is 25.9 Å². The second-order valence-corrected chi connectivity index (χ2v) is 5.54. The predicted molar refractivity (Wildman–Crippen MR) is 77.7 cm³/mol. The summed E-state index contributed by atoms with van der Waals surface area (Å²) >= 11 is 0. The largest absolute Gasteiger partial charge is 0.379 e. The van der Waals surface area contributed by atoms with Crippen molar-refractivity contribution in [1.29, 1.82) is 0 Å².